The number of nitrogens with zero attached hydrogens (tertiary/aromatic N) is 1. The first-order valence-corrected chi connectivity index (χ1v) is 7.41. The molecule has 3 nitrogen and oxygen atoms in total. The maximum atomic E-state index is 5.60. The van der Waals surface area contributed by atoms with Gasteiger partial charge in [0, 0.05) is 13.1 Å². The van der Waals surface area contributed by atoms with Gasteiger partial charge in [-0.2, -0.15) is 0 Å². The van der Waals surface area contributed by atoms with Crippen molar-refractivity contribution in [2.24, 2.45) is 0 Å². The molecule has 1 N–H and O–H groups in total. The number of hydrogen-bond acceptors (Lipinski definition) is 2. The Kier molecular flexibility index (Phi) is 7.26. The van der Waals surface area contributed by atoms with Gasteiger partial charge in [-0.3, -0.25) is 0 Å². The maximum Gasteiger partial charge on any atom is 0.173 e. The Balaban J connectivity index is 2.74. The first-order chi connectivity index (χ1) is 9.22. The van der Waals surface area contributed by atoms with Crippen LogP contribution in [0.25, 0.3) is 0 Å². The minimum absolute atomic E-state index is 0.652. The Hall–Kier alpha value is -1.29. The molecule has 0 aromatic heterocycles. The first-order valence-electron chi connectivity index (χ1n) is 7.00. The van der Waals surface area contributed by atoms with Crippen LogP contribution in [0.15, 0.2) is 24.3 Å². The van der Waals surface area contributed by atoms with E-state index >= 15 is 0 Å². The van der Waals surface area contributed by atoms with Crippen LogP contribution in [0, 0.1) is 0 Å². The maximum absolute atomic E-state index is 5.60. The zero-order valence-electron chi connectivity index (χ0n) is 12.1. The molecule has 0 unspecified atom stereocenters. The number of anilines is 1. The Bertz CT molecular complexity index is 389. The minimum atomic E-state index is 0.652. The highest BCUT2D eigenvalue weighted by Crippen LogP contribution is 2.24. The summed E-state index contributed by atoms with van der Waals surface area (Å²) in [6.45, 7) is 8.93. The van der Waals surface area contributed by atoms with E-state index < -0.39 is 0 Å². The SMILES string of the molecule is CCCN(CCC)C(=S)Nc1ccccc1OCC. The normalized spacial score (nSPS) is 10.1. The van der Waals surface area contributed by atoms with Crippen LogP contribution >= 0.6 is 12.2 Å². The van der Waals surface area contributed by atoms with Gasteiger partial charge >= 0.3 is 0 Å². The highest BCUT2D eigenvalue weighted by molar-refractivity contribution is 7.80. The van der Waals surface area contributed by atoms with Crippen LogP contribution in [0.2, 0.25) is 0 Å². The molecule has 0 fully saturated rings. The molecule has 0 aliphatic carbocycles. The summed E-state index contributed by atoms with van der Waals surface area (Å²) >= 11 is 5.49. The average molecular weight is 280 g/mol. The molecular weight excluding hydrogens is 256 g/mol. The molecule has 1 aromatic carbocycles. The van der Waals surface area contributed by atoms with Gasteiger partial charge in [-0.25, -0.2) is 0 Å². The fourth-order valence-corrected chi connectivity index (χ4v) is 2.19. The fraction of sp³-hybridized carbons (Fsp3) is 0.533. The second kappa shape index (κ2) is 8.75. The van der Waals surface area contributed by atoms with Gasteiger partial charge in [0.05, 0.1) is 12.3 Å². The van der Waals surface area contributed by atoms with Gasteiger partial charge in [-0.05, 0) is 44.1 Å². The van der Waals surface area contributed by atoms with Gasteiger partial charge in [-0.1, -0.05) is 26.0 Å². The third kappa shape index (κ3) is 5.07. The summed E-state index contributed by atoms with van der Waals surface area (Å²) in [5.41, 5.74) is 0.937. The van der Waals surface area contributed by atoms with E-state index in [9.17, 15) is 0 Å². The van der Waals surface area contributed by atoms with E-state index in [0.717, 1.165) is 42.5 Å². The lowest BCUT2D eigenvalue weighted by atomic mass is 10.3. The lowest BCUT2D eigenvalue weighted by Gasteiger charge is -2.25. The minimum Gasteiger partial charge on any atom is -0.492 e. The van der Waals surface area contributed by atoms with E-state index in [4.69, 9.17) is 17.0 Å². The second-order valence-corrected chi connectivity index (χ2v) is 4.73. The summed E-state index contributed by atoms with van der Waals surface area (Å²) in [7, 11) is 0. The average Bonchev–Trinajstić information content (AvgIpc) is 2.41. The lowest BCUT2D eigenvalue weighted by molar-refractivity contribution is 0.342. The number of para-hydroxylation sites is 2. The predicted molar refractivity (Wildman–Crippen MR) is 86.0 cm³/mol. The van der Waals surface area contributed by atoms with Crippen LogP contribution in [-0.2, 0) is 0 Å². The summed E-state index contributed by atoms with van der Waals surface area (Å²) < 4.78 is 5.60. The van der Waals surface area contributed by atoms with Crippen LogP contribution < -0.4 is 10.1 Å². The largest absolute Gasteiger partial charge is 0.492 e. The van der Waals surface area contributed by atoms with E-state index in [0.29, 0.717) is 6.61 Å². The molecule has 0 spiro atoms. The monoisotopic (exact) mass is 280 g/mol. The van der Waals surface area contributed by atoms with E-state index in [2.05, 4.69) is 24.1 Å². The van der Waals surface area contributed by atoms with Crippen molar-refractivity contribution in [1.82, 2.24) is 4.90 Å². The molecule has 0 aliphatic rings. The van der Waals surface area contributed by atoms with Crippen molar-refractivity contribution in [3.05, 3.63) is 24.3 Å². The number of nitrogens with one attached hydrogen (secondary N) is 1. The van der Waals surface area contributed by atoms with Crippen LogP contribution in [0.3, 0.4) is 0 Å². The molecule has 0 amide bonds. The zero-order chi connectivity index (χ0) is 14.1. The Morgan fingerprint density at radius 3 is 2.37 bits per heavy atom. The molecule has 1 aromatic rings. The van der Waals surface area contributed by atoms with Gasteiger partial charge in [0.15, 0.2) is 5.11 Å². The number of hydrogen-bond donors (Lipinski definition) is 1. The Morgan fingerprint density at radius 1 is 1.16 bits per heavy atom. The summed E-state index contributed by atoms with van der Waals surface area (Å²) in [6, 6.07) is 7.90. The van der Waals surface area contributed by atoms with Crippen molar-refractivity contribution in [3.8, 4) is 5.75 Å². The standard InChI is InChI=1S/C15H24N2OS/c1-4-11-17(12-5-2)15(19)16-13-9-7-8-10-14(13)18-6-3/h7-10H,4-6,11-12H2,1-3H3,(H,16,19). The molecule has 0 saturated heterocycles. The molecule has 1 rings (SSSR count). The highest BCUT2D eigenvalue weighted by atomic mass is 32.1. The quantitative estimate of drug-likeness (QED) is 0.766. The van der Waals surface area contributed by atoms with Crippen molar-refractivity contribution in [2.75, 3.05) is 25.0 Å². The molecule has 0 heterocycles. The Morgan fingerprint density at radius 2 is 1.79 bits per heavy atom. The second-order valence-electron chi connectivity index (χ2n) is 4.35. The molecule has 0 radical (unpaired) electrons. The van der Waals surface area contributed by atoms with Crippen molar-refractivity contribution < 1.29 is 4.74 Å². The molecular formula is C15H24N2OS. The molecule has 106 valence electrons. The van der Waals surface area contributed by atoms with Crippen molar-refractivity contribution in [2.45, 2.75) is 33.6 Å². The molecule has 0 atom stereocenters. The lowest BCUT2D eigenvalue weighted by Crippen LogP contribution is -2.36. The summed E-state index contributed by atoms with van der Waals surface area (Å²) in [5.74, 6) is 0.847. The molecule has 0 aliphatic heterocycles. The van der Waals surface area contributed by atoms with Crippen LogP contribution in [0.1, 0.15) is 33.6 Å². The number of thiocarbonyl (C=S) groups is 1. The van der Waals surface area contributed by atoms with Gasteiger partial charge in [0.2, 0.25) is 0 Å². The molecule has 0 saturated carbocycles. The van der Waals surface area contributed by atoms with Crippen molar-refractivity contribution in [3.63, 3.8) is 0 Å². The van der Waals surface area contributed by atoms with Gasteiger partial charge < -0.3 is 15.0 Å². The highest BCUT2D eigenvalue weighted by Gasteiger charge is 2.10. The van der Waals surface area contributed by atoms with Crippen LogP contribution in [-0.4, -0.2) is 29.7 Å². The van der Waals surface area contributed by atoms with E-state index in [1.807, 2.05) is 31.2 Å². The van der Waals surface area contributed by atoms with Crippen molar-refractivity contribution in [1.29, 1.82) is 0 Å². The zero-order valence-corrected chi connectivity index (χ0v) is 12.9. The number of benzene rings is 1. The van der Waals surface area contributed by atoms with Crippen molar-refractivity contribution >= 4 is 23.0 Å². The smallest absolute Gasteiger partial charge is 0.173 e. The third-order valence-corrected chi connectivity index (χ3v) is 3.06. The van der Waals surface area contributed by atoms with Gasteiger partial charge in [-0.15, -0.1) is 0 Å². The predicted octanol–water partition coefficient (Wildman–Crippen LogP) is 3.90. The molecule has 4 heteroatoms. The summed E-state index contributed by atoms with van der Waals surface area (Å²) in [4.78, 5) is 2.21. The van der Waals surface area contributed by atoms with Crippen LogP contribution in [0.4, 0.5) is 5.69 Å². The third-order valence-electron chi connectivity index (χ3n) is 2.70. The van der Waals surface area contributed by atoms with Crippen LogP contribution in [0.5, 0.6) is 5.75 Å². The van der Waals surface area contributed by atoms with Gasteiger partial charge in [0.1, 0.15) is 5.75 Å². The summed E-state index contributed by atoms with van der Waals surface area (Å²) in [5, 5.41) is 4.07. The number of rotatable bonds is 7. The van der Waals surface area contributed by atoms with E-state index in [1.54, 1.807) is 0 Å². The van der Waals surface area contributed by atoms with Gasteiger partial charge in [0.25, 0.3) is 0 Å². The topological polar surface area (TPSA) is 24.5 Å². The Labute approximate surface area is 121 Å². The fourth-order valence-electron chi connectivity index (χ4n) is 1.90. The number of ether oxygens (including phenoxy) is 1. The summed E-state index contributed by atoms with van der Waals surface area (Å²) in [6.07, 6.45) is 2.18. The van der Waals surface area contributed by atoms with E-state index in [1.165, 1.54) is 0 Å². The van der Waals surface area contributed by atoms with E-state index in [-0.39, 0.29) is 0 Å². The molecule has 0 bridgehead atoms. The molecule has 19 heavy (non-hydrogen) atoms. The first kappa shape index (κ1) is 15.8.